The van der Waals surface area contributed by atoms with Crippen molar-refractivity contribution < 1.29 is 0 Å². The maximum atomic E-state index is 5.85. The van der Waals surface area contributed by atoms with Crippen LogP contribution in [-0.2, 0) is 0 Å². The van der Waals surface area contributed by atoms with Crippen molar-refractivity contribution in [3.8, 4) is 0 Å². The molecule has 0 radical (unpaired) electrons. The number of nitrogens with zero attached hydrogens (tertiary/aromatic N) is 3. The molecule has 0 saturated carbocycles. The Bertz CT molecular complexity index is 277. The zero-order valence-corrected chi connectivity index (χ0v) is 16.3. The highest BCUT2D eigenvalue weighted by Crippen LogP contribution is 2.05. The summed E-state index contributed by atoms with van der Waals surface area (Å²) in [7, 11) is 0. The van der Waals surface area contributed by atoms with Crippen LogP contribution >= 0.6 is 24.0 Å². The van der Waals surface area contributed by atoms with Gasteiger partial charge in [-0.15, -0.1) is 24.0 Å². The number of unbranched alkanes of at least 4 members (excludes halogenated alkanes) is 1. The van der Waals surface area contributed by atoms with Gasteiger partial charge in [0.25, 0.3) is 0 Å². The summed E-state index contributed by atoms with van der Waals surface area (Å²) in [5, 5.41) is 3.16. The molecule has 0 aromatic rings. The molecule has 21 heavy (non-hydrogen) atoms. The van der Waals surface area contributed by atoms with E-state index in [1.165, 1.54) is 39.1 Å². The molecule has 3 N–H and O–H groups in total. The normalized spacial score (nSPS) is 19.1. The molecular formula is C15H34IN5. The predicted octanol–water partition coefficient (Wildman–Crippen LogP) is 1.58. The molecule has 6 heteroatoms. The largest absolute Gasteiger partial charge is 0.370 e. The van der Waals surface area contributed by atoms with Gasteiger partial charge in [-0.25, -0.2) is 0 Å². The van der Waals surface area contributed by atoms with Crippen molar-refractivity contribution in [2.75, 3.05) is 52.4 Å². The second-order valence-corrected chi connectivity index (χ2v) is 5.85. The lowest BCUT2D eigenvalue weighted by Gasteiger charge is -2.35. The molecule has 126 valence electrons. The minimum absolute atomic E-state index is 0. The maximum absolute atomic E-state index is 5.85. The van der Waals surface area contributed by atoms with Crippen LogP contribution in [0, 0.1) is 5.92 Å². The molecule has 0 bridgehead atoms. The number of nitrogens with one attached hydrogen (secondary N) is 1. The molecular weight excluding hydrogens is 377 g/mol. The van der Waals surface area contributed by atoms with Crippen LogP contribution in [0.15, 0.2) is 4.99 Å². The van der Waals surface area contributed by atoms with E-state index in [0.29, 0.717) is 11.9 Å². The Morgan fingerprint density at radius 3 is 2.38 bits per heavy atom. The summed E-state index contributed by atoms with van der Waals surface area (Å²) in [4.78, 5) is 9.50. The fraction of sp³-hybridized carbons (Fsp3) is 0.933. The van der Waals surface area contributed by atoms with Crippen LogP contribution in [0.4, 0.5) is 0 Å². The van der Waals surface area contributed by atoms with E-state index in [1.54, 1.807) is 0 Å². The highest BCUT2D eigenvalue weighted by Gasteiger charge is 2.17. The first-order valence-electron chi connectivity index (χ1n) is 8.14. The molecule has 0 aromatic carbocycles. The molecule has 5 nitrogen and oxygen atoms in total. The van der Waals surface area contributed by atoms with Gasteiger partial charge in [0.1, 0.15) is 0 Å². The fourth-order valence-corrected chi connectivity index (χ4v) is 2.49. The SMILES string of the molecule is CCCCNC(N)=NCC(C)CN1CCN(CC)CC1.I. The first kappa shape index (κ1) is 20.9. The van der Waals surface area contributed by atoms with Crippen molar-refractivity contribution in [3.05, 3.63) is 0 Å². The van der Waals surface area contributed by atoms with E-state index < -0.39 is 0 Å². The number of piperazine rings is 1. The van der Waals surface area contributed by atoms with Crippen molar-refractivity contribution in [1.82, 2.24) is 15.1 Å². The molecule has 1 aliphatic heterocycles. The summed E-state index contributed by atoms with van der Waals surface area (Å²) in [5.41, 5.74) is 5.85. The first-order valence-corrected chi connectivity index (χ1v) is 8.14. The topological polar surface area (TPSA) is 56.9 Å². The Kier molecular flexibility index (Phi) is 12.4. The van der Waals surface area contributed by atoms with E-state index in [-0.39, 0.29) is 24.0 Å². The fourth-order valence-electron chi connectivity index (χ4n) is 2.49. The van der Waals surface area contributed by atoms with E-state index in [2.05, 4.69) is 40.9 Å². The number of rotatable bonds is 8. The van der Waals surface area contributed by atoms with E-state index in [4.69, 9.17) is 5.73 Å². The monoisotopic (exact) mass is 411 g/mol. The van der Waals surface area contributed by atoms with Crippen LogP contribution in [-0.4, -0.2) is 68.1 Å². The van der Waals surface area contributed by atoms with E-state index in [1.807, 2.05) is 0 Å². The van der Waals surface area contributed by atoms with Crippen molar-refractivity contribution in [3.63, 3.8) is 0 Å². The zero-order chi connectivity index (χ0) is 14.8. The van der Waals surface area contributed by atoms with Crippen LogP contribution < -0.4 is 11.1 Å². The third-order valence-corrected chi connectivity index (χ3v) is 3.89. The number of halogens is 1. The molecule has 0 spiro atoms. The van der Waals surface area contributed by atoms with Gasteiger partial charge in [-0.05, 0) is 18.9 Å². The van der Waals surface area contributed by atoms with Crippen LogP contribution in [0.25, 0.3) is 0 Å². The molecule has 1 unspecified atom stereocenters. The van der Waals surface area contributed by atoms with Gasteiger partial charge in [0.05, 0.1) is 0 Å². The van der Waals surface area contributed by atoms with Crippen LogP contribution in [0.1, 0.15) is 33.6 Å². The molecule has 1 heterocycles. The Balaban J connectivity index is 0.00000400. The second kappa shape index (κ2) is 12.5. The zero-order valence-electron chi connectivity index (χ0n) is 14.0. The van der Waals surface area contributed by atoms with Gasteiger partial charge in [-0.2, -0.15) is 0 Å². The Morgan fingerprint density at radius 1 is 1.19 bits per heavy atom. The van der Waals surface area contributed by atoms with Crippen LogP contribution in [0.3, 0.4) is 0 Å². The lowest BCUT2D eigenvalue weighted by atomic mass is 10.1. The maximum Gasteiger partial charge on any atom is 0.188 e. The quantitative estimate of drug-likeness (QED) is 0.276. The number of guanidine groups is 1. The van der Waals surface area contributed by atoms with Crippen LogP contribution in [0.5, 0.6) is 0 Å². The third-order valence-electron chi connectivity index (χ3n) is 3.89. The lowest BCUT2D eigenvalue weighted by molar-refractivity contribution is 0.125. The van der Waals surface area contributed by atoms with Crippen LogP contribution in [0.2, 0.25) is 0 Å². The Morgan fingerprint density at radius 2 is 1.81 bits per heavy atom. The molecule has 1 atom stereocenters. The van der Waals surface area contributed by atoms with Gasteiger partial charge in [0, 0.05) is 45.8 Å². The molecule has 1 rings (SSSR count). The Labute approximate surface area is 147 Å². The number of likely N-dealkylation sites (N-methyl/N-ethyl adjacent to an activating group) is 1. The summed E-state index contributed by atoms with van der Waals surface area (Å²) in [6, 6.07) is 0. The molecule has 0 aliphatic carbocycles. The number of aliphatic imine (C=N–C) groups is 1. The number of hydrogen-bond acceptors (Lipinski definition) is 3. The van der Waals surface area contributed by atoms with E-state index in [9.17, 15) is 0 Å². The van der Waals surface area contributed by atoms with Gasteiger partial charge in [0.2, 0.25) is 0 Å². The van der Waals surface area contributed by atoms with E-state index in [0.717, 1.165) is 26.1 Å². The smallest absolute Gasteiger partial charge is 0.188 e. The second-order valence-electron chi connectivity index (χ2n) is 5.85. The number of hydrogen-bond donors (Lipinski definition) is 2. The van der Waals surface area contributed by atoms with Crippen molar-refractivity contribution >= 4 is 29.9 Å². The van der Waals surface area contributed by atoms with Gasteiger partial charge in [0.15, 0.2) is 5.96 Å². The summed E-state index contributed by atoms with van der Waals surface area (Å²) in [5.74, 6) is 1.16. The summed E-state index contributed by atoms with van der Waals surface area (Å²) < 4.78 is 0. The van der Waals surface area contributed by atoms with Gasteiger partial charge in [-0.1, -0.05) is 27.2 Å². The average molecular weight is 411 g/mol. The Hall–Kier alpha value is -0.0800. The lowest BCUT2D eigenvalue weighted by Crippen LogP contribution is -2.47. The molecule has 0 amide bonds. The summed E-state index contributed by atoms with van der Waals surface area (Å²) in [6.45, 7) is 15.5. The molecule has 1 fully saturated rings. The van der Waals surface area contributed by atoms with Crippen molar-refractivity contribution in [2.45, 2.75) is 33.6 Å². The highest BCUT2D eigenvalue weighted by atomic mass is 127. The van der Waals surface area contributed by atoms with E-state index >= 15 is 0 Å². The van der Waals surface area contributed by atoms with Crippen molar-refractivity contribution in [2.24, 2.45) is 16.6 Å². The molecule has 0 aromatic heterocycles. The minimum Gasteiger partial charge on any atom is -0.370 e. The minimum atomic E-state index is 0. The molecule has 1 aliphatic rings. The third kappa shape index (κ3) is 9.52. The number of nitrogens with two attached hydrogens (primary N) is 1. The van der Waals surface area contributed by atoms with Gasteiger partial charge in [-0.3, -0.25) is 4.99 Å². The van der Waals surface area contributed by atoms with Crippen molar-refractivity contribution in [1.29, 1.82) is 0 Å². The first-order chi connectivity index (χ1) is 9.65. The standard InChI is InChI=1S/C15H33N5.HI/c1-4-6-7-17-15(16)18-12-14(3)13-20-10-8-19(5-2)9-11-20;/h14H,4-13H2,1-3H3,(H3,16,17,18);1H. The average Bonchev–Trinajstić information content (AvgIpc) is 2.46. The van der Waals surface area contributed by atoms with Gasteiger partial charge < -0.3 is 20.9 Å². The summed E-state index contributed by atoms with van der Waals surface area (Å²) in [6.07, 6.45) is 2.33. The predicted molar refractivity (Wildman–Crippen MR) is 103 cm³/mol. The highest BCUT2D eigenvalue weighted by molar-refractivity contribution is 14.0. The van der Waals surface area contributed by atoms with Gasteiger partial charge >= 0.3 is 0 Å². The summed E-state index contributed by atoms with van der Waals surface area (Å²) >= 11 is 0. The molecule has 1 saturated heterocycles.